The first-order valence-corrected chi connectivity index (χ1v) is 7.99. The van der Waals surface area contributed by atoms with Crippen LogP contribution in [0.2, 0.25) is 0 Å². The Hall–Kier alpha value is -2.12. The average Bonchev–Trinajstić information content (AvgIpc) is 3.20. The van der Waals surface area contributed by atoms with E-state index >= 15 is 0 Å². The van der Waals surface area contributed by atoms with Crippen molar-refractivity contribution in [3.63, 3.8) is 0 Å². The number of methoxy groups -OCH3 is 2. The molecule has 0 unspecified atom stereocenters. The summed E-state index contributed by atoms with van der Waals surface area (Å²) in [6, 6.07) is 5.76. The van der Waals surface area contributed by atoms with Gasteiger partial charge >= 0.3 is 0 Å². The Morgan fingerprint density at radius 1 is 1.25 bits per heavy atom. The van der Waals surface area contributed by atoms with Gasteiger partial charge in [-0.1, -0.05) is 11.2 Å². The van der Waals surface area contributed by atoms with Crippen molar-refractivity contribution in [2.75, 3.05) is 33.9 Å². The van der Waals surface area contributed by atoms with Crippen LogP contribution in [0.3, 0.4) is 0 Å². The van der Waals surface area contributed by atoms with Gasteiger partial charge in [0.15, 0.2) is 5.82 Å². The molecule has 0 bridgehead atoms. The number of likely N-dealkylation sites (tertiary alicyclic amines) is 1. The lowest BCUT2D eigenvalue weighted by atomic mass is 9.97. The molecule has 0 amide bonds. The standard InChI is InChI=1S/C17H23N3O4/c1-11-18-17(24-19-11)13-8-20(7-12(13)10-21)9-14-15(22-2)5-4-6-16(14)23-3/h4-6,12-13,21H,7-10H2,1-3H3/t12-,13+/m0/s1. The fourth-order valence-corrected chi connectivity index (χ4v) is 3.33. The van der Waals surface area contributed by atoms with Gasteiger partial charge in [-0.3, -0.25) is 4.90 Å². The van der Waals surface area contributed by atoms with Gasteiger partial charge in [-0.15, -0.1) is 0 Å². The van der Waals surface area contributed by atoms with Gasteiger partial charge in [-0.2, -0.15) is 4.98 Å². The van der Waals surface area contributed by atoms with Crippen molar-refractivity contribution in [2.24, 2.45) is 5.92 Å². The van der Waals surface area contributed by atoms with Crippen molar-refractivity contribution in [3.8, 4) is 11.5 Å². The maximum Gasteiger partial charge on any atom is 0.231 e. The lowest BCUT2D eigenvalue weighted by molar-refractivity contribution is 0.204. The molecule has 1 aliphatic rings. The van der Waals surface area contributed by atoms with Gasteiger partial charge in [-0.05, 0) is 19.1 Å². The van der Waals surface area contributed by atoms with E-state index in [1.165, 1.54) is 0 Å². The van der Waals surface area contributed by atoms with E-state index in [-0.39, 0.29) is 18.4 Å². The Balaban J connectivity index is 1.80. The summed E-state index contributed by atoms with van der Waals surface area (Å²) in [6.07, 6.45) is 0. The van der Waals surface area contributed by atoms with Crippen molar-refractivity contribution < 1.29 is 19.1 Å². The van der Waals surface area contributed by atoms with Crippen molar-refractivity contribution in [2.45, 2.75) is 19.4 Å². The van der Waals surface area contributed by atoms with E-state index in [4.69, 9.17) is 14.0 Å². The van der Waals surface area contributed by atoms with E-state index in [1.54, 1.807) is 21.1 Å². The summed E-state index contributed by atoms with van der Waals surface area (Å²) in [5.41, 5.74) is 1.00. The van der Waals surface area contributed by atoms with Crippen LogP contribution in [0.1, 0.15) is 23.2 Å². The van der Waals surface area contributed by atoms with Crippen LogP contribution in [0.5, 0.6) is 11.5 Å². The maximum atomic E-state index is 9.72. The zero-order valence-electron chi connectivity index (χ0n) is 14.2. The smallest absolute Gasteiger partial charge is 0.231 e. The first kappa shape index (κ1) is 16.7. The molecule has 24 heavy (non-hydrogen) atoms. The van der Waals surface area contributed by atoms with E-state index in [0.717, 1.165) is 30.2 Å². The molecular formula is C17H23N3O4. The molecular weight excluding hydrogens is 310 g/mol. The summed E-state index contributed by atoms with van der Waals surface area (Å²) in [4.78, 5) is 6.59. The Bertz CT molecular complexity index is 666. The van der Waals surface area contributed by atoms with Gasteiger partial charge in [0.1, 0.15) is 11.5 Å². The summed E-state index contributed by atoms with van der Waals surface area (Å²) >= 11 is 0. The molecule has 1 fully saturated rings. The Labute approximate surface area is 141 Å². The molecule has 7 heteroatoms. The zero-order valence-corrected chi connectivity index (χ0v) is 14.2. The number of nitrogens with zero attached hydrogens (tertiary/aromatic N) is 3. The van der Waals surface area contributed by atoms with Crippen LogP contribution in [0, 0.1) is 12.8 Å². The highest BCUT2D eigenvalue weighted by molar-refractivity contribution is 5.44. The van der Waals surface area contributed by atoms with Crippen molar-refractivity contribution in [1.82, 2.24) is 15.0 Å². The lowest BCUT2D eigenvalue weighted by Gasteiger charge is -2.19. The van der Waals surface area contributed by atoms with Gasteiger partial charge < -0.3 is 19.1 Å². The van der Waals surface area contributed by atoms with E-state index in [9.17, 15) is 5.11 Å². The van der Waals surface area contributed by atoms with Crippen LogP contribution in [-0.4, -0.2) is 54.1 Å². The second kappa shape index (κ2) is 7.19. The van der Waals surface area contributed by atoms with E-state index in [0.29, 0.717) is 18.3 Å². The number of aliphatic hydroxyl groups excluding tert-OH is 1. The molecule has 7 nitrogen and oxygen atoms in total. The fraction of sp³-hybridized carbons (Fsp3) is 0.529. The third-order valence-electron chi connectivity index (χ3n) is 4.52. The summed E-state index contributed by atoms with van der Waals surface area (Å²) < 4.78 is 16.3. The summed E-state index contributed by atoms with van der Waals surface area (Å²) in [7, 11) is 3.31. The van der Waals surface area contributed by atoms with Gasteiger partial charge in [0, 0.05) is 32.2 Å². The lowest BCUT2D eigenvalue weighted by Crippen LogP contribution is -2.21. The molecule has 0 aliphatic carbocycles. The maximum absolute atomic E-state index is 9.72. The molecule has 0 saturated carbocycles. The average molecular weight is 333 g/mol. The molecule has 1 aromatic carbocycles. The molecule has 2 aromatic rings. The summed E-state index contributed by atoms with van der Waals surface area (Å²) in [5, 5.41) is 13.6. The molecule has 1 saturated heterocycles. The number of hydrogen-bond donors (Lipinski definition) is 1. The van der Waals surface area contributed by atoms with Gasteiger partial charge in [-0.25, -0.2) is 0 Å². The molecule has 2 atom stereocenters. The molecule has 0 radical (unpaired) electrons. The molecule has 0 spiro atoms. The highest BCUT2D eigenvalue weighted by atomic mass is 16.5. The van der Waals surface area contributed by atoms with Crippen molar-refractivity contribution in [3.05, 3.63) is 35.5 Å². The molecule has 2 heterocycles. The molecule has 130 valence electrons. The second-order valence-corrected chi connectivity index (χ2v) is 6.06. The minimum Gasteiger partial charge on any atom is -0.496 e. The number of aryl methyl sites for hydroxylation is 1. The normalized spacial score (nSPS) is 21.2. The summed E-state index contributed by atoms with van der Waals surface area (Å²) in [5.74, 6) is 2.92. The Kier molecular flexibility index (Phi) is 5.01. The SMILES string of the molecule is COc1cccc(OC)c1CN1C[C@@H](CO)[C@H](c2nc(C)no2)C1. The topological polar surface area (TPSA) is 80.9 Å². The highest BCUT2D eigenvalue weighted by Crippen LogP contribution is 2.35. The minimum absolute atomic E-state index is 0.0388. The van der Waals surface area contributed by atoms with E-state index in [2.05, 4.69) is 15.0 Å². The number of benzene rings is 1. The summed E-state index contributed by atoms with van der Waals surface area (Å²) in [6.45, 7) is 4.06. The Morgan fingerprint density at radius 3 is 2.50 bits per heavy atom. The third-order valence-corrected chi connectivity index (χ3v) is 4.52. The number of aromatic nitrogens is 2. The second-order valence-electron chi connectivity index (χ2n) is 6.06. The number of rotatable bonds is 6. The van der Waals surface area contributed by atoms with Crippen LogP contribution in [0.15, 0.2) is 22.7 Å². The van der Waals surface area contributed by atoms with Crippen LogP contribution < -0.4 is 9.47 Å². The minimum atomic E-state index is 0.0388. The van der Waals surface area contributed by atoms with E-state index in [1.807, 2.05) is 18.2 Å². The number of hydrogen-bond acceptors (Lipinski definition) is 7. The fourth-order valence-electron chi connectivity index (χ4n) is 3.33. The van der Waals surface area contributed by atoms with Crippen LogP contribution >= 0.6 is 0 Å². The molecule has 1 N–H and O–H groups in total. The number of ether oxygens (including phenoxy) is 2. The quantitative estimate of drug-likeness (QED) is 0.860. The molecule has 1 aromatic heterocycles. The first-order valence-electron chi connectivity index (χ1n) is 7.99. The van der Waals surface area contributed by atoms with Crippen LogP contribution in [0.25, 0.3) is 0 Å². The van der Waals surface area contributed by atoms with Crippen molar-refractivity contribution >= 4 is 0 Å². The van der Waals surface area contributed by atoms with Gasteiger partial charge in [0.25, 0.3) is 0 Å². The van der Waals surface area contributed by atoms with Gasteiger partial charge in [0.05, 0.1) is 25.7 Å². The largest absolute Gasteiger partial charge is 0.496 e. The van der Waals surface area contributed by atoms with Gasteiger partial charge in [0.2, 0.25) is 5.89 Å². The Morgan fingerprint density at radius 2 is 1.96 bits per heavy atom. The van der Waals surface area contributed by atoms with Crippen LogP contribution in [0.4, 0.5) is 0 Å². The van der Waals surface area contributed by atoms with Crippen molar-refractivity contribution in [1.29, 1.82) is 0 Å². The first-order chi connectivity index (χ1) is 11.7. The predicted molar refractivity (Wildman–Crippen MR) is 87.2 cm³/mol. The molecule has 3 rings (SSSR count). The zero-order chi connectivity index (χ0) is 17.1. The van der Waals surface area contributed by atoms with E-state index < -0.39 is 0 Å². The molecule has 1 aliphatic heterocycles. The predicted octanol–water partition coefficient (Wildman–Crippen LogP) is 1.60. The monoisotopic (exact) mass is 333 g/mol. The third kappa shape index (κ3) is 3.22. The number of aliphatic hydroxyl groups is 1. The van der Waals surface area contributed by atoms with Crippen LogP contribution in [-0.2, 0) is 6.54 Å². The highest BCUT2D eigenvalue weighted by Gasteiger charge is 2.37.